The zero-order valence-corrected chi connectivity index (χ0v) is 30.6. The first-order valence-corrected chi connectivity index (χ1v) is 19.4. The fourth-order valence-electron chi connectivity index (χ4n) is 7.33. The maximum atomic E-state index is 14.9. The SMILES string of the molecule is CC(C)N1CC(C)(C)S(C)(c2ccc(N3CCN(c4ccc(OC[C@H]5OC[C@](Cn6cncn6)(c6ccc(F)cc6F)O5)cc4)CC3)cc2)C1=O. The van der Waals surface area contributed by atoms with Gasteiger partial charge in [0.2, 0.25) is 0 Å². The zero-order chi connectivity index (χ0) is 36.0. The molecule has 3 aliphatic heterocycles. The number of benzene rings is 3. The predicted octanol–water partition coefficient (Wildman–Crippen LogP) is 6.65. The number of hydrogen-bond donors (Lipinski definition) is 0. The van der Waals surface area contributed by atoms with Crippen LogP contribution in [0.15, 0.2) is 84.3 Å². The van der Waals surface area contributed by atoms with Gasteiger partial charge in [0.15, 0.2) is 6.29 Å². The quantitative estimate of drug-likeness (QED) is 0.180. The third kappa shape index (κ3) is 6.67. The molecule has 0 aliphatic carbocycles. The van der Waals surface area contributed by atoms with Crippen molar-refractivity contribution in [2.45, 2.75) is 61.8 Å². The molecular formula is C38H46F2N6O4S. The molecule has 3 aliphatic rings. The lowest BCUT2D eigenvalue weighted by Crippen LogP contribution is -2.46. The summed E-state index contributed by atoms with van der Waals surface area (Å²) in [4.78, 5) is 25.5. The number of aromatic nitrogens is 3. The van der Waals surface area contributed by atoms with E-state index in [9.17, 15) is 13.6 Å². The Hall–Kier alpha value is -4.20. The first-order valence-electron chi connectivity index (χ1n) is 17.4. The van der Waals surface area contributed by atoms with Crippen LogP contribution in [0.1, 0.15) is 33.3 Å². The highest BCUT2D eigenvalue weighted by Crippen LogP contribution is 2.68. The topological polar surface area (TPSA) is 85.2 Å². The molecule has 0 bridgehead atoms. The highest BCUT2D eigenvalue weighted by molar-refractivity contribution is 8.45. The molecule has 1 aromatic heterocycles. The van der Waals surface area contributed by atoms with Crippen LogP contribution >= 0.6 is 10.0 Å². The molecule has 3 fully saturated rings. The summed E-state index contributed by atoms with van der Waals surface area (Å²) in [6.45, 7) is 13.2. The maximum Gasteiger partial charge on any atom is 0.268 e. The number of hydrogen-bond acceptors (Lipinski definition) is 8. The Morgan fingerprint density at radius 3 is 2.18 bits per heavy atom. The molecule has 0 spiro atoms. The van der Waals surface area contributed by atoms with E-state index in [1.165, 1.54) is 35.2 Å². The van der Waals surface area contributed by atoms with E-state index in [0.29, 0.717) is 11.0 Å². The van der Waals surface area contributed by atoms with Crippen molar-refractivity contribution in [3.8, 4) is 5.75 Å². The predicted molar refractivity (Wildman–Crippen MR) is 195 cm³/mol. The summed E-state index contributed by atoms with van der Waals surface area (Å²) in [7, 11) is -1.66. The van der Waals surface area contributed by atoms with E-state index < -0.39 is 33.6 Å². The molecule has 3 aromatic carbocycles. The standard InChI is InChI=1S/C38H46F2N6O4S/c1-27(2)46-22-37(3,4)51(5,36(46)47)32-13-9-30(10-14-32)44-18-16-43(17-19-44)29-7-11-31(12-8-29)48-21-35-49-24-38(50-35,23-45-26-41-25-42-45)33-15-6-28(39)20-34(33)40/h6-15,20,25-27,35H,16-19,21-24H2,1-5H3/t35-,38+/m0/s1. The molecule has 51 heavy (non-hydrogen) atoms. The van der Waals surface area contributed by atoms with Crippen LogP contribution in [0.3, 0.4) is 0 Å². The van der Waals surface area contributed by atoms with Gasteiger partial charge in [-0.15, -0.1) is 10.0 Å². The van der Waals surface area contributed by atoms with Crippen molar-refractivity contribution in [1.29, 1.82) is 0 Å². The van der Waals surface area contributed by atoms with E-state index in [2.05, 4.69) is 78.1 Å². The Morgan fingerprint density at radius 1 is 0.961 bits per heavy atom. The van der Waals surface area contributed by atoms with Crippen molar-refractivity contribution in [3.63, 3.8) is 0 Å². The van der Waals surface area contributed by atoms with E-state index >= 15 is 0 Å². The zero-order valence-electron chi connectivity index (χ0n) is 29.8. The van der Waals surface area contributed by atoms with Gasteiger partial charge >= 0.3 is 0 Å². The smallest absolute Gasteiger partial charge is 0.268 e. The van der Waals surface area contributed by atoms with Crippen LogP contribution in [-0.2, 0) is 21.6 Å². The van der Waals surface area contributed by atoms with Gasteiger partial charge in [0, 0.05) is 66.5 Å². The van der Waals surface area contributed by atoms with Crippen molar-refractivity contribution in [2.24, 2.45) is 0 Å². The van der Waals surface area contributed by atoms with E-state index in [1.807, 2.05) is 29.2 Å². The lowest BCUT2D eigenvalue weighted by atomic mass is 9.94. The Morgan fingerprint density at radius 2 is 1.61 bits per heavy atom. The third-order valence-corrected chi connectivity index (χ3v) is 15.1. The summed E-state index contributed by atoms with van der Waals surface area (Å²) < 4.78 is 48.3. The number of nitrogens with zero attached hydrogens (tertiary/aromatic N) is 6. The first-order chi connectivity index (χ1) is 24.4. The molecule has 0 radical (unpaired) electrons. The molecule has 0 N–H and O–H groups in total. The van der Waals surface area contributed by atoms with Crippen molar-refractivity contribution in [3.05, 3.63) is 96.6 Å². The van der Waals surface area contributed by atoms with E-state index in [1.54, 1.807) is 0 Å². The van der Waals surface area contributed by atoms with Crippen molar-refractivity contribution in [1.82, 2.24) is 19.7 Å². The monoisotopic (exact) mass is 720 g/mol. The largest absolute Gasteiger partial charge is 0.488 e. The molecule has 4 heterocycles. The van der Waals surface area contributed by atoms with Crippen LogP contribution in [-0.4, -0.2) is 94.2 Å². The molecule has 7 rings (SSSR count). The average molecular weight is 721 g/mol. The maximum absolute atomic E-state index is 14.9. The molecule has 13 heteroatoms. The number of halogens is 2. The van der Waals surface area contributed by atoms with Gasteiger partial charge in [0.25, 0.3) is 5.24 Å². The van der Waals surface area contributed by atoms with Gasteiger partial charge in [-0.2, -0.15) is 5.10 Å². The van der Waals surface area contributed by atoms with Gasteiger partial charge in [0.05, 0.1) is 13.2 Å². The second-order valence-electron chi connectivity index (χ2n) is 14.5. The van der Waals surface area contributed by atoms with Crippen molar-refractivity contribution < 1.29 is 27.8 Å². The molecule has 3 saturated heterocycles. The molecule has 3 atom stereocenters. The number of piperazine rings is 1. The van der Waals surface area contributed by atoms with Crippen molar-refractivity contribution in [2.75, 3.05) is 62.0 Å². The van der Waals surface area contributed by atoms with Gasteiger partial charge in [-0.25, -0.2) is 18.4 Å². The number of ether oxygens (including phenoxy) is 3. The summed E-state index contributed by atoms with van der Waals surface area (Å²) in [5, 5.41) is 4.43. The minimum absolute atomic E-state index is 0.0355. The van der Waals surface area contributed by atoms with Crippen LogP contribution in [0.25, 0.3) is 0 Å². The third-order valence-electron chi connectivity index (χ3n) is 10.6. The van der Waals surface area contributed by atoms with Gasteiger partial charge < -0.3 is 28.9 Å². The second kappa shape index (κ2) is 13.7. The van der Waals surface area contributed by atoms with E-state index in [0.717, 1.165) is 49.4 Å². The Labute approximate surface area is 299 Å². The average Bonchev–Trinajstić information content (AvgIpc) is 3.83. The number of anilines is 2. The summed E-state index contributed by atoms with van der Waals surface area (Å²) in [5.41, 5.74) is 1.24. The van der Waals surface area contributed by atoms with Gasteiger partial charge in [-0.1, -0.05) is 6.07 Å². The number of carbonyl (C=O) groups is 1. The summed E-state index contributed by atoms with van der Waals surface area (Å²) in [5.74, 6) is -0.731. The fraction of sp³-hybridized carbons (Fsp3) is 0.447. The van der Waals surface area contributed by atoms with Gasteiger partial charge in [-0.05, 0) is 93.4 Å². The minimum atomic E-state index is -1.66. The normalized spacial score (nSPS) is 26.2. The van der Waals surface area contributed by atoms with Gasteiger partial charge in [0.1, 0.15) is 42.2 Å². The Balaban J connectivity index is 0.933. The lowest BCUT2D eigenvalue weighted by molar-refractivity contribution is -0.117. The van der Waals surface area contributed by atoms with E-state index in [4.69, 9.17) is 14.2 Å². The minimum Gasteiger partial charge on any atom is -0.488 e. The molecule has 1 amide bonds. The summed E-state index contributed by atoms with van der Waals surface area (Å²) in [6, 6.07) is 20.3. The van der Waals surface area contributed by atoms with Crippen LogP contribution in [0, 0.1) is 11.6 Å². The van der Waals surface area contributed by atoms with Crippen LogP contribution in [0.2, 0.25) is 0 Å². The molecule has 1 unspecified atom stereocenters. The van der Waals surface area contributed by atoms with Gasteiger partial charge in [-0.3, -0.25) is 4.79 Å². The number of rotatable bonds is 10. The Bertz CT molecular complexity index is 1840. The highest BCUT2D eigenvalue weighted by Gasteiger charge is 2.53. The Kier molecular flexibility index (Phi) is 9.49. The second-order valence-corrected chi connectivity index (χ2v) is 18.3. The molecule has 10 nitrogen and oxygen atoms in total. The molecule has 272 valence electrons. The first kappa shape index (κ1) is 35.2. The lowest BCUT2D eigenvalue weighted by Gasteiger charge is -2.41. The van der Waals surface area contributed by atoms with Crippen LogP contribution in [0.4, 0.5) is 25.0 Å². The molecule has 0 saturated carbocycles. The van der Waals surface area contributed by atoms with Crippen LogP contribution in [0.5, 0.6) is 5.75 Å². The fourth-order valence-corrected chi connectivity index (χ4v) is 10.5. The van der Waals surface area contributed by atoms with E-state index in [-0.39, 0.29) is 36.1 Å². The number of amides is 1. The van der Waals surface area contributed by atoms with Crippen molar-refractivity contribution >= 4 is 26.6 Å². The summed E-state index contributed by atoms with van der Waals surface area (Å²) >= 11 is 0. The van der Waals surface area contributed by atoms with Crippen LogP contribution < -0.4 is 14.5 Å². The molecular weight excluding hydrogens is 675 g/mol. The molecule has 4 aromatic rings. The number of carbonyl (C=O) groups excluding carboxylic acids is 1. The highest BCUT2D eigenvalue weighted by atomic mass is 32.3. The summed E-state index contributed by atoms with van der Waals surface area (Å²) in [6.07, 6.45) is 4.31.